The van der Waals surface area contributed by atoms with Crippen LogP contribution in [0.1, 0.15) is 19.8 Å². The van der Waals surface area contributed by atoms with Crippen LogP contribution in [-0.4, -0.2) is 19.3 Å². The summed E-state index contributed by atoms with van der Waals surface area (Å²) in [7, 11) is 0. The molecule has 0 spiro atoms. The molecule has 1 unspecified atom stereocenters. The molecule has 0 aromatic heterocycles. The highest BCUT2D eigenvalue weighted by Gasteiger charge is 2.12. The molecular formula is C14H18FNO2. The molecule has 1 N–H and O–H groups in total. The van der Waals surface area contributed by atoms with Crippen molar-refractivity contribution in [2.45, 2.75) is 25.9 Å². The van der Waals surface area contributed by atoms with Crippen LogP contribution in [0.15, 0.2) is 30.5 Å². The van der Waals surface area contributed by atoms with E-state index >= 15 is 0 Å². The van der Waals surface area contributed by atoms with Gasteiger partial charge in [0, 0.05) is 6.07 Å². The highest BCUT2D eigenvalue weighted by atomic mass is 19.1. The first-order valence-electron chi connectivity index (χ1n) is 6.26. The average Bonchev–Trinajstić information content (AvgIpc) is 2.39. The van der Waals surface area contributed by atoms with Gasteiger partial charge in [-0.3, -0.25) is 0 Å². The molecule has 4 heteroatoms. The lowest BCUT2D eigenvalue weighted by Gasteiger charge is -2.21. The van der Waals surface area contributed by atoms with Crippen LogP contribution in [0.4, 0.5) is 10.1 Å². The van der Waals surface area contributed by atoms with E-state index in [2.05, 4.69) is 5.32 Å². The zero-order valence-corrected chi connectivity index (χ0v) is 10.5. The second-order valence-electron chi connectivity index (χ2n) is 4.16. The summed E-state index contributed by atoms with van der Waals surface area (Å²) in [6, 6.07) is 4.51. The molecule has 1 aromatic carbocycles. The van der Waals surface area contributed by atoms with Gasteiger partial charge in [0.15, 0.2) is 0 Å². The molecule has 0 fully saturated rings. The first kappa shape index (κ1) is 12.7. The highest BCUT2D eigenvalue weighted by Crippen LogP contribution is 2.25. The summed E-state index contributed by atoms with van der Waals surface area (Å²) in [5.41, 5.74) is 0.802. The van der Waals surface area contributed by atoms with Crippen LogP contribution in [0.5, 0.6) is 5.75 Å². The van der Waals surface area contributed by atoms with Gasteiger partial charge in [-0.15, -0.1) is 0 Å². The Kier molecular flexibility index (Phi) is 4.45. The first-order chi connectivity index (χ1) is 8.79. The first-order valence-corrected chi connectivity index (χ1v) is 6.26. The maximum absolute atomic E-state index is 13.1. The summed E-state index contributed by atoms with van der Waals surface area (Å²) in [5.74, 6) is 0.254. The number of allylic oxidation sites excluding steroid dienone is 1. The Labute approximate surface area is 107 Å². The Hall–Kier alpha value is -1.71. The number of nitrogens with one attached hydrogen (secondary N) is 1. The van der Waals surface area contributed by atoms with Crippen molar-refractivity contribution in [2.24, 2.45) is 0 Å². The van der Waals surface area contributed by atoms with Crippen LogP contribution in [-0.2, 0) is 4.74 Å². The molecular weight excluding hydrogens is 233 g/mol. The zero-order chi connectivity index (χ0) is 12.8. The van der Waals surface area contributed by atoms with Crippen molar-refractivity contribution in [2.75, 3.05) is 18.5 Å². The Morgan fingerprint density at radius 1 is 1.50 bits per heavy atom. The molecule has 1 aliphatic heterocycles. The molecule has 1 atom stereocenters. The summed E-state index contributed by atoms with van der Waals surface area (Å²) in [4.78, 5) is 0. The minimum atomic E-state index is -0.291. The summed E-state index contributed by atoms with van der Waals surface area (Å²) in [5, 5.41) is 3.24. The van der Waals surface area contributed by atoms with Crippen LogP contribution in [0, 0.1) is 5.82 Å². The molecule has 98 valence electrons. The number of anilines is 1. The number of benzene rings is 1. The summed E-state index contributed by atoms with van der Waals surface area (Å²) < 4.78 is 24.0. The molecule has 1 heterocycles. The molecule has 1 aliphatic rings. The number of rotatable bonds is 5. The van der Waals surface area contributed by atoms with E-state index in [4.69, 9.17) is 9.47 Å². The summed E-state index contributed by atoms with van der Waals surface area (Å²) >= 11 is 0. The molecule has 0 bridgehead atoms. The number of halogens is 1. The molecule has 2 rings (SSSR count). The molecule has 1 aromatic rings. The maximum atomic E-state index is 13.1. The van der Waals surface area contributed by atoms with Gasteiger partial charge in [-0.05, 0) is 38.0 Å². The van der Waals surface area contributed by atoms with Gasteiger partial charge in [0.2, 0.25) is 0 Å². The monoisotopic (exact) mass is 251 g/mol. The molecule has 0 amide bonds. The van der Waals surface area contributed by atoms with Crippen molar-refractivity contribution in [3.05, 3.63) is 36.4 Å². The van der Waals surface area contributed by atoms with Gasteiger partial charge >= 0.3 is 0 Å². The number of hydrogen-bond acceptors (Lipinski definition) is 3. The van der Waals surface area contributed by atoms with Crippen molar-refractivity contribution >= 4 is 5.69 Å². The second-order valence-corrected chi connectivity index (χ2v) is 4.16. The van der Waals surface area contributed by atoms with Gasteiger partial charge in [0.1, 0.15) is 17.7 Å². The van der Waals surface area contributed by atoms with Crippen LogP contribution in [0.25, 0.3) is 0 Å². The van der Waals surface area contributed by atoms with Gasteiger partial charge in [-0.1, -0.05) is 0 Å². The van der Waals surface area contributed by atoms with Crippen LogP contribution in [0.2, 0.25) is 0 Å². The Morgan fingerprint density at radius 2 is 2.39 bits per heavy atom. The third kappa shape index (κ3) is 3.39. The van der Waals surface area contributed by atoms with Crippen LogP contribution < -0.4 is 10.1 Å². The predicted molar refractivity (Wildman–Crippen MR) is 69.3 cm³/mol. The molecule has 0 saturated heterocycles. The maximum Gasteiger partial charge on any atom is 0.145 e. The normalized spacial score (nSPS) is 18.2. The van der Waals surface area contributed by atoms with Crippen molar-refractivity contribution in [3.8, 4) is 5.75 Å². The van der Waals surface area contributed by atoms with E-state index in [1.54, 1.807) is 12.3 Å². The van der Waals surface area contributed by atoms with Crippen LogP contribution >= 0.6 is 0 Å². The fourth-order valence-corrected chi connectivity index (χ4v) is 1.88. The SMILES string of the molecule is CCOc1cc(F)ccc1NCC1CCC=CO1. The fourth-order valence-electron chi connectivity index (χ4n) is 1.88. The van der Waals surface area contributed by atoms with Crippen LogP contribution in [0.3, 0.4) is 0 Å². The minimum Gasteiger partial charge on any atom is -0.497 e. The van der Waals surface area contributed by atoms with Gasteiger partial charge in [-0.25, -0.2) is 4.39 Å². The van der Waals surface area contributed by atoms with Gasteiger partial charge < -0.3 is 14.8 Å². The Morgan fingerprint density at radius 3 is 3.11 bits per heavy atom. The number of ether oxygens (including phenoxy) is 2. The van der Waals surface area contributed by atoms with E-state index in [-0.39, 0.29) is 11.9 Å². The molecule has 0 radical (unpaired) electrons. The quantitative estimate of drug-likeness (QED) is 0.870. The van der Waals surface area contributed by atoms with Crippen molar-refractivity contribution < 1.29 is 13.9 Å². The fraction of sp³-hybridized carbons (Fsp3) is 0.429. The summed E-state index contributed by atoms with van der Waals surface area (Å²) in [6.07, 6.45) is 5.95. The van der Waals surface area contributed by atoms with Crippen molar-refractivity contribution in [1.29, 1.82) is 0 Å². The average molecular weight is 251 g/mol. The lowest BCUT2D eigenvalue weighted by molar-refractivity contribution is 0.135. The van der Waals surface area contributed by atoms with Gasteiger partial charge in [0.25, 0.3) is 0 Å². The molecule has 3 nitrogen and oxygen atoms in total. The number of hydrogen-bond donors (Lipinski definition) is 1. The smallest absolute Gasteiger partial charge is 0.145 e. The molecule has 0 aliphatic carbocycles. The van der Waals surface area contributed by atoms with E-state index in [9.17, 15) is 4.39 Å². The second kappa shape index (κ2) is 6.28. The third-order valence-corrected chi connectivity index (χ3v) is 2.79. The van der Waals surface area contributed by atoms with Gasteiger partial charge in [-0.2, -0.15) is 0 Å². The van der Waals surface area contributed by atoms with E-state index < -0.39 is 0 Å². The Balaban J connectivity index is 1.97. The standard InChI is InChI=1S/C14H18FNO2/c1-2-17-14-9-11(15)6-7-13(14)16-10-12-5-3-4-8-18-12/h4,6-9,12,16H,2-3,5,10H2,1H3. The van der Waals surface area contributed by atoms with E-state index in [1.807, 2.05) is 13.0 Å². The lowest BCUT2D eigenvalue weighted by atomic mass is 10.1. The van der Waals surface area contributed by atoms with E-state index in [0.717, 1.165) is 18.5 Å². The zero-order valence-electron chi connectivity index (χ0n) is 10.5. The van der Waals surface area contributed by atoms with E-state index in [0.29, 0.717) is 18.9 Å². The lowest BCUT2D eigenvalue weighted by Crippen LogP contribution is -2.23. The third-order valence-electron chi connectivity index (χ3n) is 2.79. The van der Waals surface area contributed by atoms with E-state index in [1.165, 1.54) is 12.1 Å². The Bertz CT molecular complexity index is 420. The topological polar surface area (TPSA) is 30.5 Å². The molecule has 18 heavy (non-hydrogen) atoms. The van der Waals surface area contributed by atoms with Gasteiger partial charge in [0.05, 0.1) is 25.1 Å². The largest absolute Gasteiger partial charge is 0.497 e. The van der Waals surface area contributed by atoms with Crippen molar-refractivity contribution in [1.82, 2.24) is 0 Å². The molecule has 0 saturated carbocycles. The predicted octanol–water partition coefficient (Wildman–Crippen LogP) is 3.33. The highest BCUT2D eigenvalue weighted by molar-refractivity contribution is 5.56. The van der Waals surface area contributed by atoms with Crippen molar-refractivity contribution in [3.63, 3.8) is 0 Å². The summed E-state index contributed by atoms with van der Waals surface area (Å²) in [6.45, 7) is 3.08. The minimum absolute atomic E-state index is 0.162.